The van der Waals surface area contributed by atoms with Gasteiger partial charge in [0.15, 0.2) is 0 Å². The lowest BCUT2D eigenvalue weighted by Crippen LogP contribution is -2.53. The molecule has 0 heterocycles. The van der Waals surface area contributed by atoms with E-state index in [1.165, 1.54) is 51.4 Å². The van der Waals surface area contributed by atoms with Crippen molar-refractivity contribution in [2.75, 3.05) is 0 Å². The fourth-order valence-corrected chi connectivity index (χ4v) is 5.16. The highest BCUT2D eigenvalue weighted by atomic mass is 16.6. The molecule has 0 spiro atoms. The molecular weight excluding hydrogens is 248 g/mol. The van der Waals surface area contributed by atoms with Crippen molar-refractivity contribution < 1.29 is 9.53 Å². The summed E-state index contributed by atoms with van der Waals surface area (Å²) in [6, 6.07) is 0. The summed E-state index contributed by atoms with van der Waals surface area (Å²) in [5.41, 5.74) is 0.404. The Labute approximate surface area is 123 Å². The van der Waals surface area contributed by atoms with E-state index in [1.54, 1.807) is 6.92 Å². The summed E-state index contributed by atoms with van der Waals surface area (Å²) in [5, 5.41) is 0. The van der Waals surface area contributed by atoms with Crippen LogP contribution >= 0.6 is 0 Å². The molecule has 0 saturated heterocycles. The van der Waals surface area contributed by atoms with Crippen LogP contribution in [0.4, 0.5) is 0 Å². The molecule has 3 fully saturated rings. The molecule has 20 heavy (non-hydrogen) atoms. The maximum atomic E-state index is 12.1. The number of carbonyl (C=O) groups is 1. The molecule has 2 nitrogen and oxygen atoms in total. The standard InChI is InChI=1S/C18H28O2/c1-13(2)17(19)20-18-11-6-5-9-16(18)15-8-4-3-7-14(15)10-12-18/h14-16H,1,3-12H2,2H3. The minimum Gasteiger partial charge on any atom is -0.455 e. The average Bonchev–Trinajstić information content (AvgIpc) is 2.47. The first-order chi connectivity index (χ1) is 9.62. The average molecular weight is 276 g/mol. The molecule has 3 aliphatic rings. The Kier molecular flexibility index (Phi) is 3.92. The van der Waals surface area contributed by atoms with Crippen molar-refractivity contribution >= 4 is 5.97 Å². The summed E-state index contributed by atoms with van der Waals surface area (Å²) in [7, 11) is 0. The number of rotatable bonds is 2. The molecule has 0 aliphatic heterocycles. The third kappa shape index (κ3) is 2.42. The zero-order valence-electron chi connectivity index (χ0n) is 12.8. The topological polar surface area (TPSA) is 26.3 Å². The van der Waals surface area contributed by atoms with Crippen LogP contribution in [0.25, 0.3) is 0 Å². The highest BCUT2D eigenvalue weighted by Gasteiger charge is 2.52. The second-order valence-corrected chi connectivity index (χ2v) is 7.33. The van der Waals surface area contributed by atoms with Crippen LogP contribution in [0.3, 0.4) is 0 Å². The van der Waals surface area contributed by atoms with Gasteiger partial charge >= 0.3 is 5.97 Å². The van der Waals surface area contributed by atoms with Crippen molar-refractivity contribution in [2.24, 2.45) is 17.8 Å². The summed E-state index contributed by atoms with van der Waals surface area (Å²) in [4.78, 5) is 12.1. The van der Waals surface area contributed by atoms with Crippen LogP contribution in [0.1, 0.15) is 71.1 Å². The Bertz CT molecular complexity index is 400. The zero-order valence-corrected chi connectivity index (χ0v) is 12.8. The fourth-order valence-electron chi connectivity index (χ4n) is 5.16. The van der Waals surface area contributed by atoms with Crippen molar-refractivity contribution in [3.05, 3.63) is 12.2 Å². The van der Waals surface area contributed by atoms with Crippen molar-refractivity contribution in [1.82, 2.24) is 0 Å². The van der Waals surface area contributed by atoms with Crippen molar-refractivity contribution in [3.8, 4) is 0 Å². The molecule has 3 rings (SSSR count). The molecule has 0 aromatic carbocycles. The van der Waals surface area contributed by atoms with Gasteiger partial charge in [-0.05, 0) is 57.3 Å². The summed E-state index contributed by atoms with van der Waals surface area (Å²) in [6.07, 6.45) is 12.8. The summed E-state index contributed by atoms with van der Waals surface area (Å²) in [5.74, 6) is 2.18. The number of hydrogen-bond donors (Lipinski definition) is 0. The molecule has 0 radical (unpaired) electrons. The molecule has 3 aliphatic carbocycles. The normalized spacial score (nSPS) is 40.4. The Balaban J connectivity index is 1.82. The van der Waals surface area contributed by atoms with Gasteiger partial charge in [-0.2, -0.15) is 0 Å². The summed E-state index contributed by atoms with van der Waals surface area (Å²) < 4.78 is 6.05. The predicted octanol–water partition coefficient (Wildman–Crippen LogP) is 4.63. The zero-order chi connectivity index (χ0) is 14.2. The van der Waals surface area contributed by atoms with E-state index in [9.17, 15) is 4.79 Å². The van der Waals surface area contributed by atoms with Gasteiger partial charge in [0.1, 0.15) is 5.60 Å². The maximum absolute atomic E-state index is 12.1. The third-order valence-electron chi connectivity index (χ3n) is 6.11. The van der Waals surface area contributed by atoms with Gasteiger partial charge in [-0.1, -0.05) is 32.3 Å². The van der Waals surface area contributed by atoms with Crippen LogP contribution in [-0.4, -0.2) is 11.6 Å². The molecule has 0 aromatic rings. The molecule has 0 amide bonds. The largest absolute Gasteiger partial charge is 0.455 e. The molecule has 0 aromatic heterocycles. The molecule has 4 unspecified atom stereocenters. The minimum atomic E-state index is -0.161. The number of hydrogen-bond acceptors (Lipinski definition) is 2. The lowest BCUT2D eigenvalue weighted by molar-refractivity contribution is -0.183. The van der Waals surface area contributed by atoms with E-state index in [0.29, 0.717) is 11.5 Å². The van der Waals surface area contributed by atoms with Crippen LogP contribution in [-0.2, 0) is 9.53 Å². The predicted molar refractivity (Wildman–Crippen MR) is 80.3 cm³/mol. The number of carbonyl (C=O) groups excluding carboxylic acids is 1. The minimum absolute atomic E-state index is 0.146. The van der Waals surface area contributed by atoms with Gasteiger partial charge in [0.2, 0.25) is 0 Å². The second kappa shape index (κ2) is 5.54. The number of ether oxygens (including phenoxy) is 1. The van der Waals surface area contributed by atoms with Gasteiger partial charge in [-0.25, -0.2) is 4.79 Å². The third-order valence-corrected chi connectivity index (χ3v) is 6.11. The van der Waals surface area contributed by atoms with E-state index in [1.807, 2.05) is 0 Å². The highest BCUT2D eigenvalue weighted by Crippen LogP contribution is 2.55. The van der Waals surface area contributed by atoms with Crippen molar-refractivity contribution in [3.63, 3.8) is 0 Å². The van der Waals surface area contributed by atoms with Gasteiger partial charge in [-0.3, -0.25) is 0 Å². The Morgan fingerprint density at radius 2 is 1.80 bits per heavy atom. The Morgan fingerprint density at radius 3 is 2.60 bits per heavy atom. The molecule has 3 saturated carbocycles. The summed E-state index contributed by atoms with van der Waals surface area (Å²) >= 11 is 0. The summed E-state index contributed by atoms with van der Waals surface area (Å²) in [6.45, 7) is 5.53. The van der Waals surface area contributed by atoms with E-state index in [4.69, 9.17) is 4.74 Å². The van der Waals surface area contributed by atoms with Gasteiger partial charge in [0, 0.05) is 11.5 Å². The van der Waals surface area contributed by atoms with Crippen molar-refractivity contribution in [1.29, 1.82) is 0 Å². The molecule has 2 heteroatoms. The maximum Gasteiger partial charge on any atom is 0.333 e. The number of fused-ring (bicyclic) bond motifs is 3. The monoisotopic (exact) mass is 276 g/mol. The smallest absolute Gasteiger partial charge is 0.333 e. The lowest BCUT2D eigenvalue weighted by Gasteiger charge is -2.54. The second-order valence-electron chi connectivity index (χ2n) is 7.33. The van der Waals surface area contributed by atoms with Crippen LogP contribution in [0.5, 0.6) is 0 Å². The lowest BCUT2D eigenvalue weighted by atomic mass is 9.55. The quantitative estimate of drug-likeness (QED) is 0.542. The molecule has 0 N–H and O–H groups in total. The first-order valence-corrected chi connectivity index (χ1v) is 8.51. The van der Waals surface area contributed by atoms with Crippen LogP contribution in [0.2, 0.25) is 0 Å². The van der Waals surface area contributed by atoms with Crippen molar-refractivity contribution in [2.45, 2.75) is 76.7 Å². The molecule has 112 valence electrons. The van der Waals surface area contributed by atoms with Gasteiger partial charge in [0.05, 0.1) is 0 Å². The van der Waals surface area contributed by atoms with Gasteiger partial charge < -0.3 is 4.74 Å². The van der Waals surface area contributed by atoms with E-state index in [2.05, 4.69) is 6.58 Å². The molecule has 4 atom stereocenters. The SMILES string of the molecule is C=C(C)C(=O)OC12CCCCC1C1CCCCC1CC2. The van der Waals surface area contributed by atoms with E-state index < -0.39 is 0 Å². The Hall–Kier alpha value is -0.790. The van der Waals surface area contributed by atoms with E-state index in [-0.39, 0.29) is 11.6 Å². The first kappa shape index (κ1) is 14.2. The van der Waals surface area contributed by atoms with Gasteiger partial charge in [0.25, 0.3) is 0 Å². The van der Waals surface area contributed by atoms with Gasteiger partial charge in [-0.15, -0.1) is 0 Å². The highest BCUT2D eigenvalue weighted by molar-refractivity contribution is 5.87. The van der Waals surface area contributed by atoms with Crippen LogP contribution in [0, 0.1) is 17.8 Å². The molecular formula is C18H28O2. The van der Waals surface area contributed by atoms with Crippen LogP contribution in [0.15, 0.2) is 12.2 Å². The van der Waals surface area contributed by atoms with Crippen LogP contribution < -0.4 is 0 Å². The fraction of sp³-hybridized carbons (Fsp3) is 0.833. The Morgan fingerprint density at radius 1 is 1.05 bits per heavy atom. The number of esters is 1. The van der Waals surface area contributed by atoms with E-state index >= 15 is 0 Å². The van der Waals surface area contributed by atoms with E-state index in [0.717, 1.165) is 24.7 Å². The first-order valence-electron chi connectivity index (χ1n) is 8.51. The molecule has 0 bridgehead atoms.